The van der Waals surface area contributed by atoms with E-state index in [1.165, 1.54) is 5.56 Å². The van der Waals surface area contributed by atoms with Crippen LogP contribution in [-0.2, 0) is 6.54 Å². The SMILES string of the molecule is CCN(CC)CCNC(=O)c1ccc(N(Cc2ccccc2)c2ccc(O)cc2)cc1. The molecule has 5 heteroatoms. The molecular weight excluding hydrogens is 386 g/mol. The van der Waals surface area contributed by atoms with Gasteiger partial charge in [-0.15, -0.1) is 0 Å². The molecule has 0 fully saturated rings. The number of nitrogens with one attached hydrogen (secondary N) is 1. The van der Waals surface area contributed by atoms with Crippen LogP contribution in [0.1, 0.15) is 29.8 Å². The van der Waals surface area contributed by atoms with E-state index in [1.54, 1.807) is 12.1 Å². The van der Waals surface area contributed by atoms with E-state index < -0.39 is 0 Å². The van der Waals surface area contributed by atoms with Gasteiger partial charge in [0.15, 0.2) is 0 Å². The van der Waals surface area contributed by atoms with E-state index in [-0.39, 0.29) is 11.7 Å². The topological polar surface area (TPSA) is 55.8 Å². The van der Waals surface area contributed by atoms with Crippen molar-refractivity contribution in [2.75, 3.05) is 31.1 Å². The molecule has 0 saturated heterocycles. The molecule has 0 aromatic heterocycles. The summed E-state index contributed by atoms with van der Waals surface area (Å²) in [7, 11) is 0. The van der Waals surface area contributed by atoms with Crippen molar-refractivity contribution in [1.82, 2.24) is 10.2 Å². The van der Waals surface area contributed by atoms with Gasteiger partial charge >= 0.3 is 0 Å². The summed E-state index contributed by atoms with van der Waals surface area (Å²) in [5.41, 5.74) is 3.77. The van der Waals surface area contributed by atoms with E-state index in [0.717, 1.165) is 31.0 Å². The van der Waals surface area contributed by atoms with Crippen molar-refractivity contribution in [2.45, 2.75) is 20.4 Å². The van der Waals surface area contributed by atoms with Gasteiger partial charge in [-0.05, 0) is 67.2 Å². The van der Waals surface area contributed by atoms with Gasteiger partial charge in [0, 0.05) is 36.6 Å². The molecule has 0 bridgehead atoms. The first-order chi connectivity index (χ1) is 15.1. The van der Waals surface area contributed by atoms with Crippen LogP contribution in [0.25, 0.3) is 0 Å². The molecular formula is C26H31N3O2. The lowest BCUT2D eigenvalue weighted by molar-refractivity contribution is 0.0949. The summed E-state index contributed by atoms with van der Waals surface area (Å²) in [4.78, 5) is 17.0. The monoisotopic (exact) mass is 417 g/mol. The van der Waals surface area contributed by atoms with E-state index in [9.17, 15) is 9.90 Å². The summed E-state index contributed by atoms with van der Waals surface area (Å²) < 4.78 is 0. The lowest BCUT2D eigenvalue weighted by Gasteiger charge is -2.25. The Bertz CT molecular complexity index is 937. The molecule has 0 radical (unpaired) electrons. The maximum Gasteiger partial charge on any atom is 0.251 e. The third-order valence-electron chi connectivity index (χ3n) is 5.39. The molecule has 0 heterocycles. The van der Waals surface area contributed by atoms with E-state index in [0.29, 0.717) is 18.7 Å². The van der Waals surface area contributed by atoms with Crippen LogP contribution in [0.15, 0.2) is 78.9 Å². The predicted octanol–water partition coefficient (Wildman–Crippen LogP) is 4.80. The fourth-order valence-corrected chi connectivity index (χ4v) is 3.49. The molecule has 2 N–H and O–H groups in total. The molecule has 0 unspecified atom stereocenters. The van der Waals surface area contributed by atoms with Gasteiger partial charge < -0.3 is 20.2 Å². The molecule has 0 atom stereocenters. The Morgan fingerprint density at radius 1 is 0.839 bits per heavy atom. The number of amides is 1. The van der Waals surface area contributed by atoms with E-state index in [4.69, 9.17) is 0 Å². The highest BCUT2D eigenvalue weighted by atomic mass is 16.3. The Morgan fingerprint density at radius 3 is 2.00 bits per heavy atom. The Hall–Kier alpha value is -3.31. The highest BCUT2D eigenvalue weighted by Gasteiger charge is 2.12. The number of likely N-dealkylation sites (N-methyl/N-ethyl adjacent to an activating group) is 1. The average molecular weight is 418 g/mol. The summed E-state index contributed by atoms with van der Waals surface area (Å²) in [6.45, 7) is 8.38. The molecule has 0 spiro atoms. The fourth-order valence-electron chi connectivity index (χ4n) is 3.49. The van der Waals surface area contributed by atoms with Gasteiger partial charge in [-0.2, -0.15) is 0 Å². The van der Waals surface area contributed by atoms with Crippen LogP contribution < -0.4 is 10.2 Å². The number of anilines is 2. The molecule has 3 aromatic rings. The standard InChI is InChI=1S/C26H31N3O2/c1-3-28(4-2)19-18-27-26(31)22-10-12-23(13-11-22)29(20-21-8-6-5-7-9-21)24-14-16-25(30)17-15-24/h5-17,30H,3-4,18-20H2,1-2H3,(H,27,31). The number of carbonyl (C=O) groups excluding carboxylic acids is 1. The molecule has 31 heavy (non-hydrogen) atoms. The number of phenolic OH excluding ortho intramolecular Hbond substituents is 1. The summed E-state index contributed by atoms with van der Waals surface area (Å²) in [6.07, 6.45) is 0. The van der Waals surface area contributed by atoms with Crippen LogP contribution >= 0.6 is 0 Å². The Morgan fingerprint density at radius 2 is 1.42 bits per heavy atom. The zero-order valence-corrected chi connectivity index (χ0v) is 18.3. The van der Waals surface area contributed by atoms with Crippen molar-refractivity contribution in [1.29, 1.82) is 0 Å². The van der Waals surface area contributed by atoms with Crippen molar-refractivity contribution in [2.24, 2.45) is 0 Å². The molecule has 5 nitrogen and oxygen atoms in total. The largest absolute Gasteiger partial charge is 0.508 e. The van der Waals surface area contributed by atoms with E-state index in [1.807, 2.05) is 54.6 Å². The predicted molar refractivity (Wildman–Crippen MR) is 127 cm³/mol. The van der Waals surface area contributed by atoms with Gasteiger partial charge in [-0.25, -0.2) is 0 Å². The molecule has 0 aliphatic heterocycles. The third kappa shape index (κ3) is 6.33. The quantitative estimate of drug-likeness (QED) is 0.497. The highest BCUT2D eigenvalue weighted by molar-refractivity contribution is 5.94. The van der Waals surface area contributed by atoms with Gasteiger partial charge in [-0.1, -0.05) is 44.2 Å². The number of hydrogen-bond acceptors (Lipinski definition) is 4. The zero-order chi connectivity index (χ0) is 22.1. The molecule has 3 rings (SSSR count). The Balaban J connectivity index is 1.74. The Kier molecular flexibility index (Phi) is 8.07. The van der Waals surface area contributed by atoms with Crippen molar-refractivity contribution in [3.05, 3.63) is 90.0 Å². The summed E-state index contributed by atoms with van der Waals surface area (Å²) in [5.74, 6) is 0.179. The van der Waals surface area contributed by atoms with Gasteiger partial charge in [0.25, 0.3) is 5.91 Å². The molecule has 0 aliphatic rings. The zero-order valence-electron chi connectivity index (χ0n) is 18.3. The number of hydrogen-bond donors (Lipinski definition) is 2. The van der Waals surface area contributed by atoms with Gasteiger partial charge in [-0.3, -0.25) is 4.79 Å². The highest BCUT2D eigenvalue weighted by Crippen LogP contribution is 2.29. The number of benzene rings is 3. The van der Waals surface area contributed by atoms with Crippen LogP contribution in [0, 0.1) is 0 Å². The first-order valence-corrected chi connectivity index (χ1v) is 10.8. The van der Waals surface area contributed by atoms with Crippen LogP contribution in [0.4, 0.5) is 11.4 Å². The molecule has 0 aliphatic carbocycles. The van der Waals surface area contributed by atoms with Gasteiger partial charge in [0.2, 0.25) is 0 Å². The van der Waals surface area contributed by atoms with E-state index in [2.05, 4.69) is 41.1 Å². The fraction of sp³-hybridized carbons (Fsp3) is 0.269. The van der Waals surface area contributed by atoms with Crippen LogP contribution in [-0.4, -0.2) is 42.1 Å². The third-order valence-corrected chi connectivity index (χ3v) is 5.39. The smallest absolute Gasteiger partial charge is 0.251 e. The minimum Gasteiger partial charge on any atom is -0.508 e. The average Bonchev–Trinajstić information content (AvgIpc) is 2.82. The Labute approximate surface area is 184 Å². The maximum atomic E-state index is 12.5. The van der Waals surface area contributed by atoms with Crippen LogP contribution in [0.3, 0.4) is 0 Å². The number of rotatable bonds is 10. The molecule has 1 amide bonds. The molecule has 0 saturated carbocycles. The minimum absolute atomic E-state index is 0.0575. The minimum atomic E-state index is -0.0575. The normalized spacial score (nSPS) is 10.8. The molecule has 162 valence electrons. The lowest BCUT2D eigenvalue weighted by atomic mass is 10.1. The first kappa shape index (κ1) is 22.4. The first-order valence-electron chi connectivity index (χ1n) is 10.8. The second-order valence-electron chi connectivity index (χ2n) is 7.42. The summed E-state index contributed by atoms with van der Waals surface area (Å²) >= 11 is 0. The molecule has 3 aromatic carbocycles. The second kappa shape index (κ2) is 11.2. The van der Waals surface area contributed by atoms with Crippen molar-refractivity contribution < 1.29 is 9.90 Å². The lowest BCUT2D eigenvalue weighted by Crippen LogP contribution is -2.34. The van der Waals surface area contributed by atoms with Gasteiger partial charge in [0.05, 0.1) is 0 Å². The summed E-state index contributed by atoms with van der Waals surface area (Å²) in [6, 6.07) is 25.0. The number of aromatic hydroxyl groups is 1. The second-order valence-corrected chi connectivity index (χ2v) is 7.42. The van der Waals surface area contributed by atoms with E-state index >= 15 is 0 Å². The van der Waals surface area contributed by atoms with Crippen LogP contribution in [0.5, 0.6) is 5.75 Å². The van der Waals surface area contributed by atoms with Crippen molar-refractivity contribution >= 4 is 17.3 Å². The summed E-state index contributed by atoms with van der Waals surface area (Å²) in [5, 5.41) is 12.7. The number of carbonyl (C=O) groups is 1. The van der Waals surface area contributed by atoms with Gasteiger partial charge in [0.1, 0.15) is 5.75 Å². The maximum absolute atomic E-state index is 12.5. The number of nitrogens with zero attached hydrogens (tertiary/aromatic N) is 2. The van der Waals surface area contributed by atoms with Crippen molar-refractivity contribution in [3.8, 4) is 5.75 Å². The number of phenols is 1. The van der Waals surface area contributed by atoms with Crippen LogP contribution in [0.2, 0.25) is 0 Å². The van der Waals surface area contributed by atoms with Crippen molar-refractivity contribution in [3.63, 3.8) is 0 Å².